The number of H-pyrrole nitrogens is 2. The maximum atomic E-state index is 10.4. The number of aromatic amines is 2. The minimum absolute atomic E-state index is 0.193. The van der Waals surface area contributed by atoms with E-state index in [4.69, 9.17) is 0 Å². The van der Waals surface area contributed by atoms with Gasteiger partial charge in [-0.25, -0.2) is 9.97 Å². The predicted octanol–water partition coefficient (Wildman–Crippen LogP) is 1.57. The summed E-state index contributed by atoms with van der Waals surface area (Å²) in [4.78, 5) is 14.4. The molecule has 0 amide bonds. The quantitative estimate of drug-likeness (QED) is 0.390. The second-order valence-electron chi connectivity index (χ2n) is 5.66. The second-order valence-corrected chi connectivity index (χ2v) is 5.66. The highest BCUT2D eigenvalue weighted by molar-refractivity contribution is 5.75. The molecule has 2 aromatic carbocycles. The van der Waals surface area contributed by atoms with Crippen LogP contribution in [0.1, 0.15) is 23.9 Å². The number of imidazole rings is 2. The summed E-state index contributed by atoms with van der Waals surface area (Å²) < 4.78 is 0. The Morgan fingerprint density at radius 1 is 0.667 bits per heavy atom. The van der Waals surface area contributed by atoms with E-state index in [0.717, 1.165) is 11.0 Å². The number of aromatic nitrogens is 4. The third kappa shape index (κ3) is 2.44. The van der Waals surface area contributed by atoms with Crippen molar-refractivity contribution in [3.63, 3.8) is 0 Å². The van der Waals surface area contributed by atoms with Crippen LogP contribution in [-0.4, -0.2) is 41.4 Å². The van der Waals surface area contributed by atoms with E-state index in [-0.39, 0.29) is 11.6 Å². The normalized spacial score (nSPS) is 15.6. The van der Waals surface area contributed by atoms with Gasteiger partial charge in [0.15, 0.2) is 0 Å². The monoisotopic (exact) mass is 324 g/mol. The minimum Gasteiger partial charge on any atom is -0.387 e. The lowest BCUT2D eigenvalue weighted by Crippen LogP contribution is -2.27. The predicted molar refractivity (Wildman–Crippen MR) is 88.1 cm³/mol. The van der Waals surface area contributed by atoms with Crippen LogP contribution in [0.2, 0.25) is 0 Å². The van der Waals surface area contributed by atoms with E-state index in [0.29, 0.717) is 11.0 Å². The maximum Gasteiger partial charge on any atom is 0.140 e. The van der Waals surface area contributed by atoms with E-state index < -0.39 is 18.3 Å². The molecular formula is C17H16N4O3. The molecule has 0 bridgehead atoms. The van der Waals surface area contributed by atoms with Gasteiger partial charge in [0.25, 0.3) is 0 Å². The van der Waals surface area contributed by atoms with Crippen LogP contribution in [0, 0.1) is 0 Å². The first kappa shape index (κ1) is 14.8. The van der Waals surface area contributed by atoms with Gasteiger partial charge in [-0.2, -0.15) is 0 Å². The fourth-order valence-electron chi connectivity index (χ4n) is 2.72. The number of nitrogens with one attached hydrogen (secondary N) is 2. The fourth-order valence-corrected chi connectivity index (χ4v) is 2.72. The van der Waals surface area contributed by atoms with Gasteiger partial charge in [0.1, 0.15) is 30.0 Å². The highest BCUT2D eigenvalue weighted by Gasteiger charge is 2.31. The molecule has 2 heterocycles. The van der Waals surface area contributed by atoms with Crippen LogP contribution in [0.5, 0.6) is 0 Å². The summed E-state index contributed by atoms with van der Waals surface area (Å²) in [7, 11) is 0. The Labute approximate surface area is 136 Å². The van der Waals surface area contributed by atoms with Crippen LogP contribution in [0.25, 0.3) is 22.1 Å². The molecule has 2 atom stereocenters. The summed E-state index contributed by atoms with van der Waals surface area (Å²) in [6.45, 7) is 0. The number of benzene rings is 2. The minimum atomic E-state index is -1.48. The zero-order valence-electron chi connectivity index (χ0n) is 12.6. The average molecular weight is 324 g/mol. The molecule has 4 rings (SSSR count). The van der Waals surface area contributed by atoms with E-state index in [1.165, 1.54) is 0 Å². The first-order valence-electron chi connectivity index (χ1n) is 7.57. The van der Waals surface area contributed by atoms with Crippen molar-refractivity contribution in [3.8, 4) is 0 Å². The first-order chi connectivity index (χ1) is 11.6. The summed E-state index contributed by atoms with van der Waals surface area (Å²) in [5.41, 5.74) is 2.85. The molecule has 7 heteroatoms. The molecular weight excluding hydrogens is 308 g/mol. The third-order valence-corrected chi connectivity index (χ3v) is 4.02. The topological polar surface area (TPSA) is 118 Å². The van der Waals surface area contributed by atoms with Crippen molar-refractivity contribution in [1.82, 2.24) is 19.9 Å². The van der Waals surface area contributed by atoms with Crippen molar-refractivity contribution in [1.29, 1.82) is 0 Å². The number of aliphatic hydroxyl groups excluding tert-OH is 3. The fraction of sp³-hybridized carbons (Fsp3) is 0.176. The SMILES string of the molecule is OC(c1nc2ccccc2[nH]1)C(O)C(O)c1nc2ccccc2[nH]1. The molecule has 2 unspecified atom stereocenters. The van der Waals surface area contributed by atoms with Gasteiger partial charge in [-0.05, 0) is 24.3 Å². The lowest BCUT2D eigenvalue weighted by atomic mass is 10.1. The molecule has 122 valence electrons. The largest absolute Gasteiger partial charge is 0.387 e. The Bertz CT molecular complexity index is 848. The standard InChI is InChI=1S/C17H16N4O3/c22-13(14(23)16-18-9-5-1-2-6-10(9)19-16)15(24)17-20-11-7-3-4-8-12(11)21-17/h1-8,13-15,22-24H,(H,18,19)(H,20,21). The molecule has 24 heavy (non-hydrogen) atoms. The number of hydrogen-bond donors (Lipinski definition) is 5. The van der Waals surface area contributed by atoms with Gasteiger partial charge in [-0.3, -0.25) is 0 Å². The number of nitrogens with zero attached hydrogens (tertiary/aromatic N) is 2. The van der Waals surface area contributed by atoms with Gasteiger partial charge in [-0.15, -0.1) is 0 Å². The molecule has 2 aromatic heterocycles. The smallest absolute Gasteiger partial charge is 0.140 e. The van der Waals surface area contributed by atoms with E-state index in [9.17, 15) is 15.3 Å². The summed E-state index contributed by atoms with van der Waals surface area (Å²) in [5.74, 6) is 0.387. The molecule has 0 radical (unpaired) electrons. The van der Waals surface area contributed by atoms with E-state index in [1.54, 1.807) is 12.1 Å². The molecule has 0 spiro atoms. The molecule has 0 saturated heterocycles. The van der Waals surface area contributed by atoms with Crippen molar-refractivity contribution in [2.45, 2.75) is 18.3 Å². The average Bonchev–Trinajstić information content (AvgIpc) is 3.23. The van der Waals surface area contributed by atoms with Gasteiger partial charge in [0.2, 0.25) is 0 Å². The molecule has 0 saturated carbocycles. The van der Waals surface area contributed by atoms with Gasteiger partial charge in [-0.1, -0.05) is 24.3 Å². The van der Waals surface area contributed by atoms with E-state index in [1.807, 2.05) is 36.4 Å². The number of para-hydroxylation sites is 4. The molecule has 0 aliphatic carbocycles. The first-order valence-corrected chi connectivity index (χ1v) is 7.57. The van der Waals surface area contributed by atoms with Crippen molar-refractivity contribution in [2.24, 2.45) is 0 Å². The van der Waals surface area contributed by atoms with Gasteiger partial charge in [0.05, 0.1) is 22.1 Å². The van der Waals surface area contributed by atoms with Crippen LogP contribution in [-0.2, 0) is 0 Å². The molecule has 0 aliphatic rings. The van der Waals surface area contributed by atoms with Crippen molar-refractivity contribution in [3.05, 3.63) is 60.2 Å². The van der Waals surface area contributed by atoms with Gasteiger partial charge in [0, 0.05) is 0 Å². The highest BCUT2D eigenvalue weighted by atomic mass is 16.4. The molecule has 0 aliphatic heterocycles. The highest BCUT2D eigenvalue weighted by Crippen LogP contribution is 2.27. The number of aliphatic hydroxyl groups is 3. The summed E-state index contributed by atoms with van der Waals surface area (Å²) >= 11 is 0. The van der Waals surface area contributed by atoms with Crippen molar-refractivity contribution < 1.29 is 15.3 Å². The van der Waals surface area contributed by atoms with Gasteiger partial charge < -0.3 is 25.3 Å². The van der Waals surface area contributed by atoms with E-state index in [2.05, 4.69) is 19.9 Å². The molecule has 7 nitrogen and oxygen atoms in total. The summed E-state index contributed by atoms with van der Waals surface area (Å²) in [6, 6.07) is 14.6. The van der Waals surface area contributed by atoms with Crippen molar-refractivity contribution >= 4 is 22.1 Å². The molecule has 4 aromatic rings. The molecule has 5 N–H and O–H groups in total. The lowest BCUT2D eigenvalue weighted by molar-refractivity contribution is -0.0677. The third-order valence-electron chi connectivity index (χ3n) is 4.02. The Morgan fingerprint density at radius 3 is 1.50 bits per heavy atom. The van der Waals surface area contributed by atoms with Gasteiger partial charge >= 0.3 is 0 Å². The zero-order chi connectivity index (χ0) is 16.7. The second kappa shape index (κ2) is 5.72. The Balaban J connectivity index is 1.62. The van der Waals surface area contributed by atoms with Crippen LogP contribution < -0.4 is 0 Å². The summed E-state index contributed by atoms with van der Waals surface area (Å²) in [5, 5.41) is 31.0. The van der Waals surface area contributed by atoms with E-state index >= 15 is 0 Å². The van der Waals surface area contributed by atoms with Crippen LogP contribution in [0.4, 0.5) is 0 Å². The summed E-state index contributed by atoms with van der Waals surface area (Å²) in [6.07, 6.45) is -4.23. The van der Waals surface area contributed by atoms with Crippen LogP contribution in [0.15, 0.2) is 48.5 Å². The van der Waals surface area contributed by atoms with Crippen LogP contribution >= 0.6 is 0 Å². The van der Waals surface area contributed by atoms with Crippen LogP contribution in [0.3, 0.4) is 0 Å². The van der Waals surface area contributed by atoms with Crippen molar-refractivity contribution in [2.75, 3.05) is 0 Å². The number of hydrogen-bond acceptors (Lipinski definition) is 5. The number of fused-ring (bicyclic) bond motifs is 2. The lowest BCUT2D eigenvalue weighted by Gasteiger charge is -2.20. The molecule has 0 fully saturated rings. The maximum absolute atomic E-state index is 10.4. The number of rotatable bonds is 4. The Hall–Kier alpha value is -2.74. The zero-order valence-corrected chi connectivity index (χ0v) is 12.6. The Kier molecular flexibility index (Phi) is 3.53. The Morgan fingerprint density at radius 2 is 1.08 bits per heavy atom.